The smallest absolute Gasteiger partial charge is 0.335 e. The molecule has 134 valence electrons. The number of sulfonamides is 1. The van der Waals surface area contributed by atoms with E-state index in [9.17, 15) is 18.0 Å². The lowest BCUT2D eigenvalue weighted by Crippen LogP contribution is -2.41. The number of hydrogen-bond acceptors (Lipinski definition) is 6. The molecule has 9 nitrogen and oxygen atoms in total. The molecule has 0 aliphatic heterocycles. The van der Waals surface area contributed by atoms with Crippen LogP contribution in [-0.4, -0.2) is 36.6 Å². The van der Waals surface area contributed by atoms with Crippen molar-refractivity contribution in [1.29, 1.82) is 0 Å². The van der Waals surface area contributed by atoms with E-state index in [-0.39, 0.29) is 27.6 Å². The highest BCUT2D eigenvalue weighted by molar-refractivity contribution is 7.89. The first-order chi connectivity index (χ1) is 11.6. The molecule has 0 aliphatic rings. The van der Waals surface area contributed by atoms with Crippen LogP contribution in [0.5, 0.6) is 0 Å². The molecule has 2 aromatic rings. The van der Waals surface area contributed by atoms with Crippen molar-refractivity contribution in [3.63, 3.8) is 0 Å². The number of hydrogen-bond donors (Lipinski definition) is 3. The summed E-state index contributed by atoms with van der Waals surface area (Å²) >= 11 is 0. The fourth-order valence-electron chi connectivity index (χ4n) is 2.18. The van der Waals surface area contributed by atoms with Gasteiger partial charge in [-0.3, -0.25) is 4.79 Å². The molecule has 0 fully saturated rings. The Hall–Kier alpha value is -2.72. The molecule has 1 heterocycles. The van der Waals surface area contributed by atoms with E-state index in [1.165, 1.54) is 45.0 Å². The number of aromatic carboxylic acids is 1. The van der Waals surface area contributed by atoms with Crippen molar-refractivity contribution in [2.75, 3.05) is 5.32 Å². The highest BCUT2D eigenvalue weighted by atomic mass is 32.2. The molecule has 1 amide bonds. The van der Waals surface area contributed by atoms with Gasteiger partial charge in [-0.05, 0) is 39.0 Å². The molecular weight excluding hydrogens is 350 g/mol. The topological polar surface area (TPSA) is 139 Å². The van der Waals surface area contributed by atoms with Crippen LogP contribution in [-0.2, 0) is 14.8 Å². The average Bonchev–Trinajstić information content (AvgIpc) is 2.86. The van der Waals surface area contributed by atoms with E-state index in [0.29, 0.717) is 0 Å². The number of carbonyl (C=O) groups is 2. The van der Waals surface area contributed by atoms with E-state index in [0.717, 1.165) is 0 Å². The standard InChI is InChI=1S/C15H17N3O6S/c1-8-13(10(3)24-17-8)25(22,23)18-9(2)14(19)16-12-6-4-5-11(7-12)15(20)21/h4-7,9,18H,1-3H3,(H,16,19)(H,20,21). The number of carboxylic acids is 1. The minimum Gasteiger partial charge on any atom is -0.478 e. The number of nitrogens with one attached hydrogen (secondary N) is 2. The predicted octanol–water partition coefficient (Wildman–Crippen LogP) is 1.30. The number of aryl methyl sites for hydroxylation is 2. The van der Waals surface area contributed by atoms with Gasteiger partial charge in [-0.25, -0.2) is 13.2 Å². The van der Waals surface area contributed by atoms with Crippen molar-refractivity contribution < 1.29 is 27.6 Å². The van der Waals surface area contributed by atoms with Gasteiger partial charge in [0, 0.05) is 5.69 Å². The van der Waals surface area contributed by atoms with Crippen molar-refractivity contribution in [1.82, 2.24) is 9.88 Å². The van der Waals surface area contributed by atoms with Gasteiger partial charge in [-0.1, -0.05) is 11.2 Å². The molecule has 0 saturated carbocycles. The van der Waals surface area contributed by atoms with E-state index >= 15 is 0 Å². The second kappa shape index (κ2) is 7.03. The lowest BCUT2D eigenvalue weighted by Gasteiger charge is -2.14. The van der Waals surface area contributed by atoms with Crippen LogP contribution in [0.3, 0.4) is 0 Å². The van der Waals surface area contributed by atoms with E-state index in [1.54, 1.807) is 0 Å². The molecule has 25 heavy (non-hydrogen) atoms. The van der Waals surface area contributed by atoms with E-state index in [1.807, 2.05) is 0 Å². The van der Waals surface area contributed by atoms with E-state index in [4.69, 9.17) is 9.63 Å². The Bertz CT molecular complexity index is 900. The number of benzene rings is 1. The van der Waals surface area contributed by atoms with Gasteiger partial charge in [0.15, 0.2) is 5.76 Å². The number of anilines is 1. The van der Waals surface area contributed by atoms with Crippen LogP contribution in [0.15, 0.2) is 33.7 Å². The maximum atomic E-state index is 12.4. The monoisotopic (exact) mass is 367 g/mol. The summed E-state index contributed by atoms with van der Waals surface area (Å²) < 4.78 is 31.8. The summed E-state index contributed by atoms with van der Waals surface area (Å²) in [6.07, 6.45) is 0. The van der Waals surface area contributed by atoms with Gasteiger partial charge in [0.2, 0.25) is 15.9 Å². The zero-order valence-corrected chi connectivity index (χ0v) is 14.5. The summed E-state index contributed by atoms with van der Waals surface area (Å²) in [5, 5.41) is 15.0. The maximum Gasteiger partial charge on any atom is 0.335 e. The van der Waals surface area contributed by atoms with E-state index < -0.39 is 27.9 Å². The molecule has 0 aliphatic carbocycles. The molecule has 10 heteroatoms. The molecule has 1 unspecified atom stereocenters. The lowest BCUT2D eigenvalue weighted by molar-refractivity contribution is -0.117. The summed E-state index contributed by atoms with van der Waals surface area (Å²) in [7, 11) is -4.00. The first-order valence-corrected chi connectivity index (χ1v) is 8.69. The highest BCUT2D eigenvalue weighted by Crippen LogP contribution is 2.19. The molecule has 0 radical (unpaired) electrons. The van der Waals surface area contributed by atoms with Gasteiger partial charge in [-0.15, -0.1) is 0 Å². The van der Waals surface area contributed by atoms with Gasteiger partial charge in [-0.2, -0.15) is 4.72 Å². The Morgan fingerprint density at radius 2 is 1.96 bits per heavy atom. The largest absolute Gasteiger partial charge is 0.478 e. The SMILES string of the molecule is Cc1noc(C)c1S(=O)(=O)NC(C)C(=O)Nc1cccc(C(=O)O)c1. The zero-order chi connectivity index (χ0) is 18.8. The summed E-state index contributed by atoms with van der Waals surface area (Å²) in [6, 6.07) is 4.52. The number of amides is 1. The van der Waals surface area contributed by atoms with Crippen molar-refractivity contribution in [3.05, 3.63) is 41.3 Å². The van der Waals surface area contributed by atoms with Crippen molar-refractivity contribution in [3.8, 4) is 0 Å². The Labute approximate surface area is 144 Å². The summed E-state index contributed by atoms with van der Waals surface area (Å²) in [5.74, 6) is -1.66. The maximum absolute atomic E-state index is 12.4. The Morgan fingerprint density at radius 1 is 1.28 bits per heavy atom. The van der Waals surface area contributed by atoms with Crippen LogP contribution in [0.25, 0.3) is 0 Å². The molecular formula is C15H17N3O6S. The van der Waals surface area contributed by atoms with Crippen molar-refractivity contribution in [2.45, 2.75) is 31.7 Å². The summed E-state index contributed by atoms with van der Waals surface area (Å²) in [5.41, 5.74) is 0.432. The zero-order valence-electron chi connectivity index (χ0n) is 13.7. The molecule has 2 rings (SSSR count). The fourth-order valence-corrected chi connectivity index (χ4v) is 3.72. The number of aromatic nitrogens is 1. The average molecular weight is 367 g/mol. The fraction of sp³-hybridized carbons (Fsp3) is 0.267. The van der Waals surface area contributed by atoms with E-state index in [2.05, 4.69) is 15.2 Å². The number of carbonyl (C=O) groups excluding carboxylic acids is 1. The third-order valence-electron chi connectivity index (χ3n) is 3.34. The van der Waals surface area contributed by atoms with Crippen LogP contribution in [0.2, 0.25) is 0 Å². The lowest BCUT2D eigenvalue weighted by atomic mass is 10.2. The quantitative estimate of drug-likeness (QED) is 0.699. The minimum absolute atomic E-state index is 0.00162. The highest BCUT2D eigenvalue weighted by Gasteiger charge is 2.28. The van der Waals surface area contributed by atoms with Crippen LogP contribution in [0.4, 0.5) is 5.69 Å². The third-order valence-corrected chi connectivity index (χ3v) is 5.12. The number of nitrogens with zero attached hydrogens (tertiary/aromatic N) is 1. The third kappa shape index (κ3) is 4.22. The Kier molecular flexibility index (Phi) is 5.24. The minimum atomic E-state index is -4.00. The van der Waals surface area contributed by atoms with Crippen LogP contribution in [0.1, 0.15) is 28.7 Å². The Balaban J connectivity index is 2.13. The predicted molar refractivity (Wildman–Crippen MR) is 87.8 cm³/mol. The summed E-state index contributed by atoms with van der Waals surface area (Å²) in [4.78, 5) is 23.0. The van der Waals surface area contributed by atoms with Crippen LogP contribution in [0, 0.1) is 13.8 Å². The Morgan fingerprint density at radius 3 is 2.52 bits per heavy atom. The van der Waals surface area contributed by atoms with Crippen LogP contribution >= 0.6 is 0 Å². The second-order valence-electron chi connectivity index (χ2n) is 5.37. The normalized spacial score (nSPS) is 12.6. The van der Waals surface area contributed by atoms with Crippen molar-refractivity contribution >= 4 is 27.6 Å². The number of carboxylic acid groups (broad SMARTS) is 1. The number of rotatable bonds is 6. The second-order valence-corrected chi connectivity index (χ2v) is 7.02. The first kappa shape index (κ1) is 18.6. The molecule has 0 bridgehead atoms. The van der Waals surface area contributed by atoms with Gasteiger partial charge >= 0.3 is 5.97 Å². The first-order valence-electron chi connectivity index (χ1n) is 7.21. The van der Waals surface area contributed by atoms with Gasteiger partial charge in [0.1, 0.15) is 10.6 Å². The van der Waals surface area contributed by atoms with Gasteiger partial charge in [0.05, 0.1) is 11.6 Å². The van der Waals surface area contributed by atoms with Crippen molar-refractivity contribution in [2.24, 2.45) is 0 Å². The molecule has 0 saturated heterocycles. The van der Waals surface area contributed by atoms with Gasteiger partial charge < -0.3 is 14.9 Å². The molecule has 0 spiro atoms. The van der Waals surface area contributed by atoms with Crippen LogP contribution < -0.4 is 10.0 Å². The molecule has 1 aromatic heterocycles. The molecule has 1 aromatic carbocycles. The summed E-state index contributed by atoms with van der Waals surface area (Å²) in [6.45, 7) is 4.30. The van der Waals surface area contributed by atoms with Gasteiger partial charge in [0.25, 0.3) is 0 Å². The molecule has 3 N–H and O–H groups in total. The molecule has 1 atom stereocenters.